The molecule has 0 aromatic heterocycles. The standard InChI is InChI=1S/C16H15ClFNO2/c17-13-7-6-12(10-14(13)18)16(21)19-15(8-9-20)11-4-2-1-3-5-11/h1-7,10,15,20H,8-9H2,(H,19,21). The maximum absolute atomic E-state index is 13.4. The number of carbonyl (C=O) groups excluding carboxylic acids is 1. The van der Waals surface area contributed by atoms with E-state index in [2.05, 4.69) is 5.32 Å². The molecule has 0 heterocycles. The van der Waals surface area contributed by atoms with Crippen molar-refractivity contribution in [1.82, 2.24) is 5.32 Å². The molecule has 2 rings (SSSR count). The summed E-state index contributed by atoms with van der Waals surface area (Å²) < 4.78 is 13.4. The fraction of sp³-hybridized carbons (Fsp3) is 0.188. The van der Waals surface area contributed by atoms with Crippen molar-refractivity contribution in [2.45, 2.75) is 12.5 Å². The van der Waals surface area contributed by atoms with E-state index in [1.807, 2.05) is 30.3 Å². The van der Waals surface area contributed by atoms with Crippen LogP contribution in [0.2, 0.25) is 5.02 Å². The van der Waals surface area contributed by atoms with Crippen molar-refractivity contribution >= 4 is 17.5 Å². The summed E-state index contributed by atoms with van der Waals surface area (Å²) in [6.45, 7) is -0.0607. The van der Waals surface area contributed by atoms with Gasteiger partial charge in [0.1, 0.15) is 5.82 Å². The normalized spacial score (nSPS) is 12.0. The lowest BCUT2D eigenvalue weighted by molar-refractivity contribution is 0.0929. The number of hydrogen-bond acceptors (Lipinski definition) is 2. The highest BCUT2D eigenvalue weighted by atomic mass is 35.5. The lowest BCUT2D eigenvalue weighted by atomic mass is 10.0. The van der Waals surface area contributed by atoms with Crippen LogP contribution in [-0.4, -0.2) is 17.6 Å². The third-order valence-electron chi connectivity index (χ3n) is 3.11. The highest BCUT2D eigenvalue weighted by Crippen LogP contribution is 2.19. The number of carbonyl (C=O) groups is 1. The molecule has 21 heavy (non-hydrogen) atoms. The first-order valence-electron chi connectivity index (χ1n) is 6.53. The van der Waals surface area contributed by atoms with Gasteiger partial charge in [-0.05, 0) is 30.2 Å². The first-order chi connectivity index (χ1) is 10.1. The van der Waals surface area contributed by atoms with Gasteiger partial charge in [0.2, 0.25) is 0 Å². The fourth-order valence-corrected chi connectivity index (χ4v) is 2.13. The highest BCUT2D eigenvalue weighted by Gasteiger charge is 2.16. The Labute approximate surface area is 127 Å². The molecule has 0 bridgehead atoms. The molecule has 0 aliphatic rings. The zero-order valence-electron chi connectivity index (χ0n) is 11.2. The maximum Gasteiger partial charge on any atom is 0.251 e. The molecule has 0 aliphatic carbocycles. The van der Waals surface area contributed by atoms with Crippen LogP contribution >= 0.6 is 11.6 Å². The van der Waals surface area contributed by atoms with Gasteiger partial charge in [-0.3, -0.25) is 4.79 Å². The number of amides is 1. The van der Waals surface area contributed by atoms with E-state index in [4.69, 9.17) is 16.7 Å². The van der Waals surface area contributed by atoms with Crippen LogP contribution in [0.1, 0.15) is 28.4 Å². The molecule has 1 unspecified atom stereocenters. The fourth-order valence-electron chi connectivity index (χ4n) is 2.02. The van der Waals surface area contributed by atoms with Gasteiger partial charge in [-0.15, -0.1) is 0 Å². The summed E-state index contributed by atoms with van der Waals surface area (Å²) in [4.78, 5) is 12.2. The molecule has 2 N–H and O–H groups in total. The molecule has 2 aromatic carbocycles. The predicted molar refractivity (Wildman–Crippen MR) is 79.8 cm³/mol. The van der Waals surface area contributed by atoms with E-state index in [-0.39, 0.29) is 23.2 Å². The Morgan fingerprint density at radius 1 is 1.24 bits per heavy atom. The Balaban J connectivity index is 2.16. The number of hydrogen-bond donors (Lipinski definition) is 2. The van der Waals surface area contributed by atoms with Crippen molar-refractivity contribution < 1.29 is 14.3 Å². The summed E-state index contributed by atoms with van der Waals surface area (Å²) in [7, 11) is 0. The maximum atomic E-state index is 13.4. The lowest BCUT2D eigenvalue weighted by Gasteiger charge is -2.18. The van der Waals surface area contributed by atoms with E-state index in [0.717, 1.165) is 11.6 Å². The number of rotatable bonds is 5. The molecule has 0 spiro atoms. The Kier molecular flexibility index (Phi) is 5.31. The molecular formula is C16H15ClFNO2. The average Bonchev–Trinajstić information content (AvgIpc) is 2.50. The van der Waals surface area contributed by atoms with Crippen molar-refractivity contribution in [3.8, 4) is 0 Å². The first-order valence-corrected chi connectivity index (χ1v) is 6.91. The minimum Gasteiger partial charge on any atom is -0.396 e. The lowest BCUT2D eigenvalue weighted by Crippen LogP contribution is -2.29. The molecule has 2 aromatic rings. The van der Waals surface area contributed by atoms with Crippen LogP contribution in [0.5, 0.6) is 0 Å². The topological polar surface area (TPSA) is 49.3 Å². The number of halogens is 2. The summed E-state index contributed by atoms with van der Waals surface area (Å²) in [5.74, 6) is -1.05. The van der Waals surface area contributed by atoms with Crippen LogP contribution < -0.4 is 5.32 Å². The van der Waals surface area contributed by atoms with Gasteiger partial charge < -0.3 is 10.4 Å². The molecule has 0 aliphatic heterocycles. The Hall–Kier alpha value is -1.91. The molecule has 0 saturated carbocycles. The van der Waals surface area contributed by atoms with Crippen molar-refractivity contribution in [1.29, 1.82) is 0 Å². The second kappa shape index (κ2) is 7.20. The van der Waals surface area contributed by atoms with E-state index < -0.39 is 11.7 Å². The Morgan fingerprint density at radius 2 is 1.95 bits per heavy atom. The van der Waals surface area contributed by atoms with Gasteiger partial charge in [0.15, 0.2) is 0 Å². The second-order valence-corrected chi connectivity index (χ2v) is 4.99. The molecule has 0 fully saturated rings. The van der Waals surface area contributed by atoms with Crippen molar-refractivity contribution in [3.63, 3.8) is 0 Å². The number of aliphatic hydroxyl groups excluding tert-OH is 1. The van der Waals surface area contributed by atoms with Gasteiger partial charge in [0.05, 0.1) is 11.1 Å². The van der Waals surface area contributed by atoms with Crippen LogP contribution in [0.25, 0.3) is 0 Å². The largest absolute Gasteiger partial charge is 0.396 e. The molecule has 5 heteroatoms. The van der Waals surface area contributed by atoms with E-state index in [9.17, 15) is 9.18 Å². The summed E-state index contributed by atoms with van der Waals surface area (Å²) in [5.41, 5.74) is 1.07. The van der Waals surface area contributed by atoms with Gasteiger partial charge in [-0.2, -0.15) is 0 Å². The van der Waals surface area contributed by atoms with E-state index in [1.165, 1.54) is 12.1 Å². The average molecular weight is 308 g/mol. The predicted octanol–water partition coefficient (Wildman–Crippen LogP) is 3.33. The SMILES string of the molecule is O=C(NC(CCO)c1ccccc1)c1ccc(Cl)c(F)c1. The molecule has 1 amide bonds. The summed E-state index contributed by atoms with van der Waals surface area (Å²) in [6, 6.07) is 12.9. The minimum absolute atomic E-state index is 0.0264. The van der Waals surface area contributed by atoms with Crippen LogP contribution in [0.3, 0.4) is 0 Å². The van der Waals surface area contributed by atoms with Crippen LogP contribution in [-0.2, 0) is 0 Å². The van der Waals surface area contributed by atoms with Gasteiger partial charge in [-0.25, -0.2) is 4.39 Å². The van der Waals surface area contributed by atoms with Crippen LogP contribution in [0, 0.1) is 5.82 Å². The highest BCUT2D eigenvalue weighted by molar-refractivity contribution is 6.30. The van der Waals surface area contributed by atoms with Gasteiger partial charge >= 0.3 is 0 Å². The number of benzene rings is 2. The van der Waals surface area contributed by atoms with Gasteiger partial charge in [0, 0.05) is 12.2 Å². The van der Waals surface area contributed by atoms with E-state index >= 15 is 0 Å². The summed E-state index contributed by atoms with van der Waals surface area (Å²) in [6.07, 6.45) is 0.381. The molecule has 0 radical (unpaired) electrons. The Bertz CT molecular complexity index is 619. The quantitative estimate of drug-likeness (QED) is 0.890. The molecule has 1 atom stereocenters. The monoisotopic (exact) mass is 307 g/mol. The minimum atomic E-state index is -0.636. The zero-order chi connectivity index (χ0) is 15.2. The molecule has 0 saturated heterocycles. The Morgan fingerprint density at radius 3 is 2.57 bits per heavy atom. The second-order valence-electron chi connectivity index (χ2n) is 4.58. The summed E-state index contributed by atoms with van der Waals surface area (Å²) >= 11 is 5.60. The van der Waals surface area contributed by atoms with Crippen molar-refractivity contribution in [2.75, 3.05) is 6.61 Å². The van der Waals surface area contributed by atoms with E-state index in [1.54, 1.807) is 0 Å². The van der Waals surface area contributed by atoms with Crippen LogP contribution in [0.4, 0.5) is 4.39 Å². The van der Waals surface area contributed by atoms with Crippen molar-refractivity contribution in [3.05, 3.63) is 70.5 Å². The van der Waals surface area contributed by atoms with Gasteiger partial charge in [0.25, 0.3) is 5.91 Å². The third-order valence-corrected chi connectivity index (χ3v) is 3.41. The van der Waals surface area contributed by atoms with Gasteiger partial charge in [-0.1, -0.05) is 41.9 Å². The molecular weight excluding hydrogens is 293 g/mol. The molecule has 110 valence electrons. The smallest absolute Gasteiger partial charge is 0.251 e. The summed E-state index contributed by atoms with van der Waals surface area (Å²) in [5, 5.41) is 11.9. The molecule has 3 nitrogen and oxygen atoms in total. The zero-order valence-corrected chi connectivity index (χ0v) is 12.0. The number of nitrogens with one attached hydrogen (secondary N) is 1. The number of aliphatic hydroxyl groups is 1. The third kappa shape index (κ3) is 4.03. The van der Waals surface area contributed by atoms with Crippen molar-refractivity contribution in [2.24, 2.45) is 0 Å². The van der Waals surface area contributed by atoms with Crippen LogP contribution in [0.15, 0.2) is 48.5 Å². The first kappa shape index (κ1) is 15.5. The van der Waals surface area contributed by atoms with E-state index in [0.29, 0.717) is 6.42 Å².